The average Bonchev–Trinajstić information content (AvgIpc) is 2.15. The van der Waals surface area contributed by atoms with Crippen molar-refractivity contribution in [3.05, 3.63) is 17.0 Å². The Morgan fingerprint density at radius 2 is 2.25 bits per heavy atom. The van der Waals surface area contributed by atoms with E-state index in [1.807, 2.05) is 0 Å². The van der Waals surface area contributed by atoms with Gasteiger partial charge in [0, 0.05) is 19.0 Å². The van der Waals surface area contributed by atoms with Gasteiger partial charge in [0.05, 0.1) is 0 Å². The minimum absolute atomic E-state index is 0.263. The largest absolute Gasteiger partial charge is 0.370 e. The number of carbonyl (C=O) groups excluding carboxylic acids is 1. The van der Waals surface area contributed by atoms with Crippen molar-refractivity contribution in [3.63, 3.8) is 0 Å². The summed E-state index contributed by atoms with van der Waals surface area (Å²) in [4.78, 5) is 18.6. The summed E-state index contributed by atoms with van der Waals surface area (Å²) >= 11 is 5.78. The number of carbonyl (C=O) groups is 1. The maximum Gasteiger partial charge on any atom is 0.217 e. The number of nitrogens with two attached hydrogens (primary N) is 1. The Bertz CT molecular complexity index is 350. The van der Waals surface area contributed by atoms with E-state index in [-0.39, 0.29) is 5.91 Å². The topological polar surface area (TPSA) is 80.9 Å². The van der Waals surface area contributed by atoms with Gasteiger partial charge in [0.2, 0.25) is 5.91 Å². The highest BCUT2D eigenvalue weighted by molar-refractivity contribution is 6.29. The molecule has 0 aromatic carbocycles. The molecular formula is C10H15ClN4O. The Morgan fingerprint density at radius 3 is 2.88 bits per heavy atom. The van der Waals surface area contributed by atoms with Crippen molar-refractivity contribution in [1.29, 1.82) is 0 Å². The highest BCUT2D eigenvalue weighted by Crippen LogP contribution is 2.11. The van der Waals surface area contributed by atoms with Crippen LogP contribution in [-0.2, 0) is 4.79 Å². The maximum absolute atomic E-state index is 10.5. The van der Waals surface area contributed by atoms with Crippen molar-refractivity contribution in [2.24, 2.45) is 5.73 Å². The Balaban J connectivity index is 2.29. The number of hydrogen-bond acceptors (Lipinski definition) is 4. The molecule has 3 N–H and O–H groups in total. The standard InChI is InChI=1S/C10H15ClN4O/c1-7-14-8(11)6-10(15-7)13-5-3-2-4-9(12)16/h6H,2-5H2,1H3,(H2,12,16)(H,13,14,15). The van der Waals surface area contributed by atoms with E-state index in [0.29, 0.717) is 23.2 Å². The van der Waals surface area contributed by atoms with E-state index in [4.69, 9.17) is 17.3 Å². The molecule has 0 saturated carbocycles. The molecule has 0 atom stereocenters. The number of nitrogens with one attached hydrogen (secondary N) is 1. The maximum atomic E-state index is 10.5. The van der Waals surface area contributed by atoms with Crippen LogP contribution >= 0.6 is 11.6 Å². The minimum Gasteiger partial charge on any atom is -0.370 e. The number of halogens is 1. The van der Waals surface area contributed by atoms with Gasteiger partial charge in [0.25, 0.3) is 0 Å². The van der Waals surface area contributed by atoms with Crippen molar-refractivity contribution >= 4 is 23.3 Å². The van der Waals surface area contributed by atoms with Gasteiger partial charge in [-0.15, -0.1) is 0 Å². The second-order valence-electron chi connectivity index (χ2n) is 3.47. The van der Waals surface area contributed by atoms with Crippen molar-refractivity contribution in [1.82, 2.24) is 9.97 Å². The number of unbranched alkanes of at least 4 members (excludes halogenated alkanes) is 1. The van der Waals surface area contributed by atoms with Crippen molar-refractivity contribution in [2.45, 2.75) is 26.2 Å². The van der Waals surface area contributed by atoms with Gasteiger partial charge in [-0.2, -0.15) is 0 Å². The third kappa shape index (κ3) is 4.93. The lowest BCUT2D eigenvalue weighted by Gasteiger charge is -2.05. The Labute approximate surface area is 99.4 Å². The van der Waals surface area contributed by atoms with Crippen LogP contribution in [0.1, 0.15) is 25.1 Å². The number of amides is 1. The fourth-order valence-corrected chi connectivity index (χ4v) is 1.49. The summed E-state index contributed by atoms with van der Waals surface area (Å²) in [7, 11) is 0. The summed E-state index contributed by atoms with van der Waals surface area (Å²) in [5.74, 6) is 1.07. The normalized spacial score (nSPS) is 10.1. The molecule has 0 aliphatic carbocycles. The first-order valence-corrected chi connectivity index (χ1v) is 5.49. The van der Waals surface area contributed by atoms with Crippen LogP contribution in [0, 0.1) is 6.92 Å². The third-order valence-electron chi connectivity index (χ3n) is 1.96. The van der Waals surface area contributed by atoms with Crippen LogP contribution in [0.4, 0.5) is 5.82 Å². The first-order valence-electron chi connectivity index (χ1n) is 5.11. The van der Waals surface area contributed by atoms with Crippen LogP contribution in [0.25, 0.3) is 0 Å². The lowest BCUT2D eigenvalue weighted by atomic mass is 10.2. The molecule has 0 aliphatic heterocycles. The average molecular weight is 243 g/mol. The summed E-state index contributed by atoms with van der Waals surface area (Å²) in [6.45, 7) is 2.52. The van der Waals surface area contributed by atoms with E-state index < -0.39 is 0 Å². The van der Waals surface area contributed by atoms with Crippen molar-refractivity contribution < 1.29 is 4.79 Å². The zero-order valence-corrected chi connectivity index (χ0v) is 9.92. The highest BCUT2D eigenvalue weighted by atomic mass is 35.5. The second-order valence-corrected chi connectivity index (χ2v) is 3.86. The molecule has 1 heterocycles. The molecule has 1 rings (SSSR count). The molecule has 88 valence electrons. The molecule has 0 spiro atoms. The van der Waals surface area contributed by atoms with Crippen LogP contribution in [-0.4, -0.2) is 22.4 Å². The molecular weight excluding hydrogens is 228 g/mol. The molecule has 0 fully saturated rings. The molecule has 0 unspecified atom stereocenters. The van der Waals surface area contributed by atoms with Gasteiger partial charge in [0.1, 0.15) is 16.8 Å². The smallest absolute Gasteiger partial charge is 0.217 e. The van der Waals surface area contributed by atoms with Crippen molar-refractivity contribution in [3.8, 4) is 0 Å². The predicted octanol–water partition coefficient (Wildman–Crippen LogP) is 1.51. The van der Waals surface area contributed by atoms with Crippen LogP contribution in [0.5, 0.6) is 0 Å². The molecule has 1 aromatic rings. The summed E-state index contributed by atoms with van der Waals surface area (Å²) in [5, 5.41) is 3.54. The Hall–Kier alpha value is -1.36. The fourth-order valence-electron chi connectivity index (χ4n) is 1.26. The summed E-state index contributed by atoms with van der Waals surface area (Å²) in [5.41, 5.74) is 5.03. The molecule has 0 bridgehead atoms. The first-order chi connectivity index (χ1) is 7.58. The SMILES string of the molecule is Cc1nc(Cl)cc(NCCCCC(N)=O)n1. The summed E-state index contributed by atoms with van der Waals surface area (Å²) in [6.07, 6.45) is 2.06. The highest BCUT2D eigenvalue weighted by Gasteiger charge is 1.99. The van der Waals surface area contributed by atoms with E-state index in [1.165, 1.54) is 0 Å². The molecule has 5 nitrogen and oxygen atoms in total. The number of aromatic nitrogens is 2. The van der Waals surface area contributed by atoms with Crippen LogP contribution in [0.3, 0.4) is 0 Å². The number of primary amides is 1. The monoisotopic (exact) mass is 242 g/mol. The lowest BCUT2D eigenvalue weighted by molar-refractivity contribution is -0.118. The van der Waals surface area contributed by atoms with Gasteiger partial charge in [-0.25, -0.2) is 9.97 Å². The van der Waals surface area contributed by atoms with E-state index in [0.717, 1.165) is 19.4 Å². The van der Waals surface area contributed by atoms with Crippen molar-refractivity contribution in [2.75, 3.05) is 11.9 Å². The minimum atomic E-state index is -0.263. The van der Waals surface area contributed by atoms with E-state index in [9.17, 15) is 4.79 Å². The predicted molar refractivity (Wildman–Crippen MR) is 63.3 cm³/mol. The summed E-state index contributed by atoms with van der Waals surface area (Å²) in [6, 6.07) is 1.67. The zero-order chi connectivity index (χ0) is 12.0. The summed E-state index contributed by atoms with van der Waals surface area (Å²) < 4.78 is 0. The second kappa shape index (κ2) is 6.27. The van der Waals surface area contributed by atoms with Gasteiger partial charge in [0.15, 0.2) is 0 Å². The molecule has 1 aromatic heterocycles. The van der Waals surface area contributed by atoms with Gasteiger partial charge in [-0.1, -0.05) is 11.6 Å². The van der Waals surface area contributed by atoms with Gasteiger partial charge in [-0.05, 0) is 19.8 Å². The molecule has 1 amide bonds. The Kier molecular flexibility index (Phi) is 4.98. The quantitative estimate of drug-likeness (QED) is 0.585. The first kappa shape index (κ1) is 12.7. The molecule has 0 radical (unpaired) electrons. The molecule has 16 heavy (non-hydrogen) atoms. The zero-order valence-electron chi connectivity index (χ0n) is 9.16. The number of aryl methyl sites for hydroxylation is 1. The molecule has 0 aliphatic rings. The molecule has 0 saturated heterocycles. The van der Waals surface area contributed by atoms with Crippen LogP contribution in [0.15, 0.2) is 6.07 Å². The number of rotatable bonds is 6. The lowest BCUT2D eigenvalue weighted by Crippen LogP contribution is -2.11. The van der Waals surface area contributed by atoms with Gasteiger partial charge in [-0.3, -0.25) is 4.79 Å². The van der Waals surface area contributed by atoms with Gasteiger partial charge >= 0.3 is 0 Å². The number of nitrogens with zero attached hydrogens (tertiary/aromatic N) is 2. The molecule has 6 heteroatoms. The number of anilines is 1. The van der Waals surface area contributed by atoms with E-state index in [1.54, 1.807) is 13.0 Å². The fraction of sp³-hybridized carbons (Fsp3) is 0.500. The van der Waals surface area contributed by atoms with Gasteiger partial charge < -0.3 is 11.1 Å². The Morgan fingerprint density at radius 1 is 1.50 bits per heavy atom. The third-order valence-corrected chi connectivity index (χ3v) is 2.16. The van der Waals surface area contributed by atoms with Crippen LogP contribution in [0.2, 0.25) is 5.15 Å². The van der Waals surface area contributed by atoms with E-state index >= 15 is 0 Å². The van der Waals surface area contributed by atoms with Crippen LogP contribution < -0.4 is 11.1 Å². The number of hydrogen-bond donors (Lipinski definition) is 2. The van der Waals surface area contributed by atoms with E-state index in [2.05, 4.69) is 15.3 Å².